The van der Waals surface area contributed by atoms with E-state index < -0.39 is 0 Å². The molecule has 4 heterocycles. The smallest absolute Gasteiger partial charge is 0.212 e. The van der Waals surface area contributed by atoms with E-state index in [1.165, 1.54) is 0 Å². The Labute approximate surface area is 147 Å². The van der Waals surface area contributed by atoms with Gasteiger partial charge in [0.15, 0.2) is 11.5 Å². The van der Waals surface area contributed by atoms with Gasteiger partial charge < -0.3 is 5.43 Å². The molecule has 3 aromatic heterocycles. The fraction of sp³-hybridized carbons (Fsp3) is 0.312. The normalized spacial score (nSPS) is 16.5. The first-order valence-corrected chi connectivity index (χ1v) is 9.12. The van der Waals surface area contributed by atoms with Crippen molar-refractivity contribution in [2.75, 3.05) is 5.43 Å². The summed E-state index contributed by atoms with van der Waals surface area (Å²) in [6.45, 7) is 4.21. The van der Waals surface area contributed by atoms with Crippen LogP contribution in [0.1, 0.15) is 35.7 Å². The molecule has 1 aromatic carbocycles. The molecule has 0 fully saturated rings. The van der Waals surface area contributed by atoms with Crippen molar-refractivity contribution in [3.8, 4) is 0 Å². The molecule has 0 amide bonds. The number of pyridine rings is 1. The Morgan fingerprint density at radius 1 is 1.24 bits per heavy atom. The van der Waals surface area contributed by atoms with Crippen LogP contribution in [0.25, 0.3) is 16.6 Å². The van der Waals surface area contributed by atoms with Crippen LogP contribution in [0.4, 0.5) is 0 Å². The minimum Gasteiger partial charge on any atom is -0.304 e. The van der Waals surface area contributed by atoms with Crippen molar-refractivity contribution in [1.29, 1.82) is 0 Å². The number of fused-ring (bicyclic) bond motifs is 4. The highest BCUT2D eigenvalue weighted by atomic mass is 32.2. The van der Waals surface area contributed by atoms with Crippen LogP contribution in [-0.2, 0) is 6.42 Å². The molecule has 0 saturated heterocycles. The number of thioether (sulfide) groups is 1. The topological polar surface area (TPSA) is 85.8 Å². The average molecular weight is 352 g/mol. The average Bonchev–Trinajstić information content (AvgIpc) is 3.31. The van der Waals surface area contributed by atoms with Gasteiger partial charge in [0.05, 0.1) is 5.52 Å². The zero-order valence-corrected chi connectivity index (χ0v) is 14.7. The summed E-state index contributed by atoms with van der Waals surface area (Å²) in [7, 11) is 0. The maximum atomic E-state index is 4.29. The van der Waals surface area contributed by atoms with Gasteiger partial charge in [0, 0.05) is 17.4 Å². The lowest BCUT2D eigenvalue weighted by atomic mass is 10.1. The summed E-state index contributed by atoms with van der Waals surface area (Å²) >= 11 is 1.64. The summed E-state index contributed by atoms with van der Waals surface area (Å²) in [5.41, 5.74) is 7.49. The summed E-state index contributed by atoms with van der Waals surface area (Å²) in [5, 5.41) is 22.9. The Morgan fingerprint density at radius 2 is 2.16 bits per heavy atom. The van der Waals surface area contributed by atoms with Gasteiger partial charge >= 0.3 is 0 Å². The van der Waals surface area contributed by atoms with Crippen molar-refractivity contribution in [3.05, 3.63) is 41.2 Å². The zero-order valence-electron chi connectivity index (χ0n) is 13.8. The summed E-state index contributed by atoms with van der Waals surface area (Å²) in [5.74, 6) is 0.958. The maximum absolute atomic E-state index is 4.29. The van der Waals surface area contributed by atoms with E-state index in [1.807, 2.05) is 9.19 Å². The van der Waals surface area contributed by atoms with E-state index in [9.17, 15) is 0 Å². The standard InChI is InChI=1S/C16H16N8S/c1-3-5-12-17-19-16-23(12)20-15(25-16)11-8-10-7-4-6-9(2)13(10)24-14(11)18-21-22-24/h4,6-8,15,20H,3,5H2,1-2H3. The van der Waals surface area contributed by atoms with Gasteiger partial charge in [-0.25, -0.2) is 4.68 Å². The second kappa shape index (κ2) is 5.41. The molecule has 0 radical (unpaired) electrons. The molecule has 0 bridgehead atoms. The van der Waals surface area contributed by atoms with E-state index in [2.05, 4.69) is 69.3 Å². The van der Waals surface area contributed by atoms with E-state index in [0.29, 0.717) is 0 Å². The number of hydrogen-bond acceptors (Lipinski definition) is 7. The van der Waals surface area contributed by atoms with Crippen molar-refractivity contribution in [2.45, 2.75) is 37.2 Å². The van der Waals surface area contributed by atoms with E-state index in [1.54, 1.807) is 11.8 Å². The summed E-state index contributed by atoms with van der Waals surface area (Å²) in [4.78, 5) is 0. The lowest BCUT2D eigenvalue weighted by Gasteiger charge is -2.14. The number of rotatable bonds is 3. The molecule has 1 atom stereocenters. The lowest BCUT2D eigenvalue weighted by Crippen LogP contribution is -2.16. The molecule has 1 unspecified atom stereocenters. The Bertz CT molecular complexity index is 1100. The minimum absolute atomic E-state index is 0.000446. The fourth-order valence-electron chi connectivity index (χ4n) is 3.30. The van der Waals surface area contributed by atoms with Crippen LogP contribution in [0, 0.1) is 6.92 Å². The highest BCUT2D eigenvalue weighted by Crippen LogP contribution is 2.40. The van der Waals surface area contributed by atoms with Crippen molar-refractivity contribution in [3.63, 3.8) is 0 Å². The van der Waals surface area contributed by atoms with Crippen molar-refractivity contribution < 1.29 is 0 Å². The molecule has 1 aliphatic rings. The quantitative estimate of drug-likeness (QED) is 0.606. The number of nitrogens with one attached hydrogen (secondary N) is 1. The number of nitrogens with zero attached hydrogens (tertiary/aromatic N) is 7. The molecule has 1 aliphatic heterocycles. The second-order valence-corrected chi connectivity index (χ2v) is 7.21. The summed E-state index contributed by atoms with van der Waals surface area (Å²) in [6.07, 6.45) is 1.93. The third-order valence-electron chi connectivity index (χ3n) is 4.45. The molecule has 126 valence electrons. The first kappa shape index (κ1) is 14.6. The van der Waals surface area contributed by atoms with Gasteiger partial charge in [-0.1, -0.05) is 36.9 Å². The number of tetrazole rings is 1. The van der Waals surface area contributed by atoms with Crippen molar-refractivity contribution in [1.82, 2.24) is 34.9 Å². The monoisotopic (exact) mass is 352 g/mol. The summed E-state index contributed by atoms with van der Waals surface area (Å²) in [6, 6.07) is 8.39. The Kier molecular flexibility index (Phi) is 3.17. The highest BCUT2D eigenvalue weighted by Gasteiger charge is 2.30. The number of aryl methyl sites for hydroxylation is 2. The molecular weight excluding hydrogens is 336 g/mol. The van der Waals surface area contributed by atoms with Gasteiger partial charge in [-0.2, -0.15) is 4.52 Å². The zero-order chi connectivity index (χ0) is 17.0. The second-order valence-electron chi connectivity index (χ2n) is 6.14. The predicted octanol–water partition coefficient (Wildman–Crippen LogP) is 2.48. The highest BCUT2D eigenvalue weighted by molar-refractivity contribution is 7.99. The van der Waals surface area contributed by atoms with Crippen LogP contribution in [-0.4, -0.2) is 34.9 Å². The molecule has 1 N–H and O–H groups in total. The maximum Gasteiger partial charge on any atom is 0.212 e. The lowest BCUT2D eigenvalue weighted by molar-refractivity contribution is 0.715. The molecule has 8 nitrogen and oxygen atoms in total. The van der Waals surface area contributed by atoms with Crippen LogP contribution in [0.3, 0.4) is 0 Å². The Hall–Kier alpha value is -2.68. The van der Waals surface area contributed by atoms with Crippen LogP contribution in [0.2, 0.25) is 0 Å². The Balaban J connectivity index is 1.65. The molecule has 0 spiro atoms. The van der Waals surface area contributed by atoms with E-state index >= 15 is 0 Å². The number of aromatic nitrogens is 7. The summed E-state index contributed by atoms with van der Waals surface area (Å²) < 4.78 is 3.81. The third-order valence-corrected chi connectivity index (χ3v) is 5.52. The fourth-order valence-corrected chi connectivity index (χ4v) is 4.32. The van der Waals surface area contributed by atoms with Crippen molar-refractivity contribution >= 4 is 28.3 Å². The number of para-hydroxylation sites is 1. The van der Waals surface area contributed by atoms with E-state index in [-0.39, 0.29) is 5.37 Å². The van der Waals surface area contributed by atoms with E-state index in [0.717, 1.165) is 51.5 Å². The van der Waals surface area contributed by atoms with Crippen LogP contribution in [0.5, 0.6) is 0 Å². The first-order valence-electron chi connectivity index (χ1n) is 8.24. The van der Waals surface area contributed by atoms with Gasteiger partial charge in [-0.15, -0.1) is 15.3 Å². The van der Waals surface area contributed by atoms with Gasteiger partial charge in [0.25, 0.3) is 0 Å². The number of hydrogen-bond donors (Lipinski definition) is 1. The Morgan fingerprint density at radius 3 is 3.04 bits per heavy atom. The molecule has 9 heteroatoms. The SMILES string of the molecule is CCCc1nnc2n1NC(c1cc3cccc(C)c3n3nnnc13)S2. The minimum atomic E-state index is -0.000446. The van der Waals surface area contributed by atoms with Crippen molar-refractivity contribution in [2.24, 2.45) is 0 Å². The van der Waals surface area contributed by atoms with Gasteiger partial charge in [0.2, 0.25) is 5.16 Å². The largest absolute Gasteiger partial charge is 0.304 e. The van der Waals surface area contributed by atoms with Crippen LogP contribution < -0.4 is 5.43 Å². The molecule has 25 heavy (non-hydrogen) atoms. The van der Waals surface area contributed by atoms with E-state index in [4.69, 9.17) is 0 Å². The molecule has 4 aromatic rings. The molecule has 0 aliphatic carbocycles. The van der Waals surface area contributed by atoms with Gasteiger partial charge in [0.1, 0.15) is 5.37 Å². The van der Waals surface area contributed by atoms with Crippen LogP contribution in [0.15, 0.2) is 29.4 Å². The van der Waals surface area contributed by atoms with Gasteiger partial charge in [-0.05, 0) is 35.4 Å². The van der Waals surface area contributed by atoms with Gasteiger partial charge in [-0.3, -0.25) is 0 Å². The molecular formula is C16H16N8S. The molecule has 5 rings (SSSR count). The third kappa shape index (κ3) is 2.12. The van der Waals surface area contributed by atoms with Crippen LogP contribution >= 0.6 is 11.8 Å². The first-order chi connectivity index (χ1) is 12.3. The predicted molar refractivity (Wildman–Crippen MR) is 95.0 cm³/mol. The number of benzene rings is 1. The molecule has 0 saturated carbocycles.